The standard InChI is InChI=1S/C14H12ClNO3S2/c1-10-9-13(20-14(10)15)21(18,19)16-12-6-4-11(5-7-12)3-2-8-17/h4-7,9,16-17H,8H2,1H3. The lowest BCUT2D eigenvalue weighted by Crippen LogP contribution is -2.11. The van der Waals surface area contributed by atoms with Crippen LogP contribution in [0.5, 0.6) is 0 Å². The molecule has 0 unspecified atom stereocenters. The molecule has 1 heterocycles. The molecule has 110 valence electrons. The Kier molecular flexibility index (Phi) is 4.91. The summed E-state index contributed by atoms with van der Waals surface area (Å²) in [6, 6.07) is 8.11. The first-order chi connectivity index (χ1) is 9.92. The molecule has 2 N–H and O–H groups in total. The lowest BCUT2D eigenvalue weighted by molar-refractivity contribution is 0.350. The van der Waals surface area contributed by atoms with Crippen molar-refractivity contribution in [1.29, 1.82) is 0 Å². The van der Waals surface area contributed by atoms with E-state index in [9.17, 15) is 8.42 Å². The van der Waals surface area contributed by atoms with Gasteiger partial charge in [-0.2, -0.15) is 0 Å². The molecule has 1 aromatic heterocycles. The van der Waals surface area contributed by atoms with Crippen molar-refractivity contribution in [3.8, 4) is 11.8 Å². The minimum absolute atomic E-state index is 0.175. The van der Waals surface area contributed by atoms with Crippen LogP contribution in [-0.2, 0) is 10.0 Å². The highest BCUT2D eigenvalue weighted by Crippen LogP contribution is 2.31. The molecule has 0 bridgehead atoms. The fraction of sp³-hybridized carbons (Fsp3) is 0.143. The molecule has 0 radical (unpaired) electrons. The van der Waals surface area contributed by atoms with Crippen molar-refractivity contribution in [2.24, 2.45) is 0 Å². The number of aliphatic hydroxyl groups excluding tert-OH is 1. The smallest absolute Gasteiger partial charge is 0.271 e. The molecule has 0 saturated carbocycles. The Morgan fingerprint density at radius 3 is 2.52 bits per heavy atom. The zero-order valence-corrected chi connectivity index (χ0v) is 13.4. The number of hydrogen-bond donors (Lipinski definition) is 2. The number of thiophene rings is 1. The molecular formula is C14H12ClNO3S2. The monoisotopic (exact) mass is 341 g/mol. The molecule has 21 heavy (non-hydrogen) atoms. The number of sulfonamides is 1. The number of aryl methyl sites for hydroxylation is 1. The molecule has 0 fully saturated rings. The Bertz CT molecular complexity index is 779. The second-order valence-corrected chi connectivity index (χ2v) is 7.73. The summed E-state index contributed by atoms with van der Waals surface area (Å²) >= 11 is 6.92. The summed E-state index contributed by atoms with van der Waals surface area (Å²) in [5.74, 6) is 5.26. The van der Waals surface area contributed by atoms with Gasteiger partial charge in [0.15, 0.2) is 0 Å². The second-order valence-electron chi connectivity index (χ2n) is 4.16. The largest absolute Gasteiger partial charge is 0.384 e. The predicted octanol–water partition coefficient (Wildman–Crippen LogP) is 2.85. The van der Waals surface area contributed by atoms with E-state index < -0.39 is 10.0 Å². The van der Waals surface area contributed by atoms with Gasteiger partial charge < -0.3 is 5.11 Å². The van der Waals surface area contributed by atoms with Crippen LogP contribution in [0.1, 0.15) is 11.1 Å². The molecule has 0 atom stereocenters. The number of benzene rings is 1. The molecular weight excluding hydrogens is 330 g/mol. The van der Waals surface area contributed by atoms with Crippen molar-refractivity contribution in [3.05, 3.63) is 45.8 Å². The minimum atomic E-state index is -3.64. The fourth-order valence-electron chi connectivity index (χ4n) is 1.53. The van der Waals surface area contributed by atoms with E-state index in [1.54, 1.807) is 31.2 Å². The first kappa shape index (κ1) is 15.9. The van der Waals surface area contributed by atoms with Gasteiger partial charge in [-0.25, -0.2) is 8.42 Å². The molecule has 2 aromatic rings. The van der Waals surface area contributed by atoms with E-state index >= 15 is 0 Å². The third-order valence-corrected chi connectivity index (χ3v) is 5.96. The molecule has 0 spiro atoms. The van der Waals surface area contributed by atoms with Crippen LogP contribution in [0.15, 0.2) is 34.5 Å². The van der Waals surface area contributed by atoms with Crippen molar-refractivity contribution in [3.63, 3.8) is 0 Å². The van der Waals surface area contributed by atoms with Crippen LogP contribution < -0.4 is 4.72 Å². The number of rotatable bonds is 3. The maximum atomic E-state index is 12.2. The van der Waals surface area contributed by atoms with E-state index in [2.05, 4.69) is 16.6 Å². The number of aliphatic hydroxyl groups is 1. The van der Waals surface area contributed by atoms with Crippen molar-refractivity contribution in [2.45, 2.75) is 11.1 Å². The molecule has 0 aliphatic heterocycles. The lowest BCUT2D eigenvalue weighted by atomic mass is 10.2. The number of nitrogens with one attached hydrogen (secondary N) is 1. The van der Waals surface area contributed by atoms with Gasteiger partial charge >= 0.3 is 0 Å². The SMILES string of the molecule is Cc1cc(S(=O)(=O)Nc2ccc(C#CCO)cc2)sc1Cl. The third kappa shape index (κ3) is 3.99. The van der Waals surface area contributed by atoms with Crippen molar-refractivity contribution >= 4 is 38.6 Å². The van der Waals surface area contributed by atoms with Crippen LogP contribution in [0.2, 0.25) is 4.34 Å². The van der Waals surface area contributed by atoms with Gasteiger partial charge in [0.1, 0.15) is 10.8 Å². The molecule has 0 amide bonds. The molecule has 2 rings (SSSR count). The third-order valence-electron chi connectivity index (χ3n) is 2.55. The quantitative estimate of drug-likeness (QED) is 0.844. The van der Waals surface area contributed by atoms with Crippen molar-refractivity contribution < 1.29 is 13.5 Å². The van der Waals surface area contributed by atoms with E-state index in [1.165, 1.54) is 6.07 Å². The average Bonchev–Trinajstić information content (AvgIpc) is 2.78. The molecule has 4 nitrogen and oxygen atoms in total. The van der Waals surface area contributed by atoms with E-state index in [0.29, 0.717) is 15.6 Å². The summed E-state index contributed by atoms with van der Waals surface area (Å²) in [7, 11) is -3.64. The van der Waals surface area contributed by atoms with Gasteiger partial charge in [-0.1, -0.05) is 23.4 Å². The normalized spacial score (nSPS) is 10.8. The molecule has 0 aliphatic rings. The molecule has 0 aliphatic carbocycles. The zero-order chi connectivity index (χ0) is 15.5. The summed E-state index contributed by atoms with van der Waals surface area (Å²) < 4.78 is 27.5. The Morgan fingerprint density at radius 1 is 1.33 bits per heavy atom. The summed E-state index contributed by atoms with van der Waals surface area (Å²) in [6.07, 6.45) is 0. The Balaban J connectivity index is 2.20. The Hall–Kier alpha value is -1.52. The van der Waals surface area contributed by atoms with Crippen LogP contribution in [0.4, 0.5) is 5.69 Å². The molecule has 1 aromatic carbocycles. The van der Waals surface area contributed by atoms with Gasteiger partial charge in [-0.15, -0.1) is 11.3 Å². The number of hydrogen-bond acceptors (Lipinski definition) is 4. The van der Waals surface area contributed by atoms with E-state index in [1.807, 2.05) is 0 Å². The summed E-state index contributed by atoms with van der Waals surface area (Å²) in [4.78, 5) is 0. The lowest BCUT2D eigenvalue weighted by Gasteiger charge is -2.05. The highest BCUT2D eigenvalue weighted by molar-refractivity contribution is 7.94. The second kappa shape index (κ2) is 6.50. The molecule has 7 heteroatoms. The highest BCUT2D eigenvalue weighted by atomic mass is 35.5. The van der Waals surface area contributed by atoms with Gasteiger partial charge in [-0.05, 0) is 42.8 Å². The highest BCUT2D eigenvalue weighted by Gasteiger charge is 2.18. The zero-order valence-electron chi connectivity index (χ0n) is 11.1. The Morgan fingerprint density at radius 2 is 2.00 bits per heavy atom. The van der Waals surface area contributed by atoms with Gasteiger partial charge in [0.25, 0.3) is 10.0 Å². The first-order valence-corrected chi connectivity index (χ1v) is 8.58. The maximum absolute atomic E-state index is 12.2. The van der Waals surface area contributed by atoms with Crippen LogP contribution in [0.3, 0.4) is 0 Å². The summed E-state index contributed by atoms with van der Waals surface area (Å²) in [5, 5.41) is 8.61. The maximum Gasteiger partial charge on any atom is 0.271 e. The number of anilines is 1. The van der Waals surface area contributed by atoms with Gasteiger partial charge in [0.05, 0.1) is 4.34 Å². The van der Waals surface area contributed by atoms with Gasteiger partial charge in [-0.3, -0.25) is 4.72 Å². The fourth-order valence-corrected chi connectivity index (χ4v) is 4.30. The van der Waals surface area contributed by atoms with Crippen LogP contribution >= 0.6 is 22.9 Å². The Labute approximate surface area is 132 Å². The van der Waals surface area contributed by atoms with Crippen molar-refractivity contribution in [2.75, 3.05) is 11.3 Å². The van der Waals surface area contributed by atoms with Crippen molar-refractivity contribution in [1.82, 2.24) is 0 Å². The number of halogens is 1. The summed E-state index contributed by atoms with van der Waals surface area (Å²) in [6.45, 7) is 1.54. The summed E-state index contributed by atoms with van der Waals surface area (Å²) in [5.41, 5.74) is 1.87. The molecule has 0 saturated heterocycles. The predicted molar refractivity (Wildman–Crippen MR) is 85.3 cm³/mol. The van der Waals surface area contributed by atoms with Gasteiger partial charge in [0, 0.05) is 11.3 Å². The minimum Gasteiger partial charge on any atom is -0.384 e. The van der Waals surface area contributed by atoms with Crippen LogP contribution in [-0.4, -0.2) is 20.1 Å². The van der Waals surface area contributed by atoms with E-state index in [-0.39, 0.29) is 10.8 Å². The topological polar surface area (TPSA) is 66.4 Å². The van der Waals surface area contributed by atoms with Crippen LogP contribution in [0, 0.1) is 18.8 Å². The van der Waals surface area contributed by atoms with E-state index in [4.69, 9.17) is 16.7 Å². The van der Waals surface area contributed by atoms with Gasteiger partial charge in [0.2, 0.25) is 0 Å². The van der Waals surface area contributed by atoms with E-state index in [0.717, 1.165) is 16.9 Å². The average molecular weight is 342 g/mol. The van der Waals surface area contributed by atoms with Crippen LogP contribution in [0.25, 0.3) is 0 Å². The first-order valence-electron chi connectivity index (χ1n) is 5.91.